The molecular formula is C12H10N4O3. The average Bonchev–Trinajstić information content (AvgIpc) is 2.46. The van der Waals surface area contributed by atoms with Crippen molar-refractivity contribution < 1.29 is 9.66 Å². The highest BCUT2D eigenvalue weighted by Gasteiger charge is 2.28. The first-order valence-electron chi connectivity index (χ1n) is 5.61. The summed E-state index contributed by atoms with van der Waals surface area (Å²) in [6.07, 6.45) is -0.612. The molecule has 0 aliphatic carbocycles. The van der Waals surface area contributed by atoms with Crippen LogP contribution in [0, 0.1) is 32.8 Å². The van der Waals surface area contributed by atoms with Crippen molar-refractivity contribution >= 4 is 11.4 Å². The first kappa shape index (κ1) is 12.8. The van der Waals surface area contributed by atoms with E-state index in [1.165, 1.54) is 6.07 Å². The van der Waals surface area contributed by atoms with E-state index in [9.17, 15) is 10.1 Å². The lowest BCUT2D eigenvalue weighted by atomic mass is 10.1. The fraction of sp³-hybridized carbons (Fsp3) is 0.333. The molecule has 0 aromatic heterocycles. The van der Waals surface area contributed by atoms with E-state index in [0.717, 1.165) is 0 Å². The first-order valence-corrected chi connectivity index (χ1v) is 5.61. The lowest BCUT2D eigenvalue weighted by Gasteiger charge is -2.31. The molecule has 1 heterocycles. The van der Waals surface area contributed by atoms with Crippen molar-refractivity contribution in [3.63, 3.8) is 0 Å². The molecule has 1 aliphatic rings. The smallest absolute Gasteiger partial charge is 0.310 e. The summed E-state index contributed by atoms with van der Waals surface area (Å²) in [6.45, 7) is 1.03. The maximum Gasteiger partial charge on any atom is 0.310 e. The SMILES string of the molecule is N#Cc1cccc(N2CCOC(C#N)C2)c1[N+](=O)[O-]. The molecule has 1 aromatic rings. The van der Waals surface area contributed by atoms with Crippen LogP contribution >= 0.6 is 0 Å². The molecule has 7 heteroatoms. The van der Waals surface area contributed by atoms with Gasteiger partial charge in [0.1, 0.15) is 17.3 Å². The van der Waals surface area contributed by atoms with Crippen LogP contribution in [0.25, 0.3) is 0 Å². The number of nitrogens with zero attached hydrogens (tertiary/aromatic N) is 4. The predicted molar refractivity (Wildman–Crippen MR) is 65.4 cm³/mol. The number of rotatable bonds is 2. The Morgan fingerprint density at radius 3 is 2.89 bits per heavy atom. The molecule has 19 heavy (non-hydrogen) atoms. The van der Waals surface area contributed by atoms with Crippen molar-refractivity contribution in [3.05, 3.63) is 33.9 Å². The number of benzene rings is 1. The van der Waals surface area contributed by atoms with E-state index >= 15 is 0 Å². The van der Waals surface area contributed by atoms with Crippen molar-refractivity contribution in [3.8, 4) is 12.1 Å². The molecule has 0 amide bonds. The van der Waals surface area contributed by atoms with Gasteiger partial charge in [0.15, 0.2) is 6.10 Å². The van der Waals surface area contributed by atoms with E-state index in [1.807, 2.05) is 12.1 Å². The predicted octanol–water partition coefficient (Wildman–Crippen LogP) is 1.20. The molecule has 7 nitrogen and oxygen atoms in total. The Bertz CT molecular complexity index is 588. The highest BCUT2D eigenvalue weighted by atomic mass is 16.6. The number of nitriles is 2. The largest absolute Gasteiger partial charge is 0.360 e. The van der Waals surface area contributed by atoms with Crippen molar-refractivity contribution in [1.82, 2.24) is 0 Å². The Kier molecular flexibility index (Phi) is 3.60. The molecular weight excluding hydrogens is 248 g/mol. The van der Waals surface area contributed by atoms with Crippen LogP contribution in [0.5, 0.6) is 0 Å². The van der Waals surface area contributed by atoms with E-state index in [-0.39, 0.29) is 17.8 Å². The highest BCUT2D eigenvalue weighted by Crippen LogP contribution is 2.32. The molecule has 1 saturated heterocycles. The fourth-order valence-electron chi connectivity index (χ4n) is 2.01. The van der Waals surface area contributed by atoms with Gasteiger partial charge in [-0.3, -0.25) is 10.1 Å². The zero-order valence-electron chi connectivity index (χ0n) is 9.94. The number of nitro groups is 1. The molecule has 0 radical (unpaired) electrons. The summed E-state index contributed by atoms with van der Waals surface area (Å²) in [5.41, 5.74) is 0.152. The lowest BCUT2D eigenvalue weighted by Crippen LogP contribution is -2.42. The van der Waals surface area contributed by atoms with Crippen LogP contribution in [0.4, 0.5) is 11.4 Å². The van der Waals surface area contributed by atoms with E-state index in [4.69, 9.17) is 15.3 Å². The Balaban J connectivity index is 2.42. The summed E-state index contributed by atoms with van der Waals surface area (Å²) >= 11 is 0. The number of para-hydroxylation sites is 1. The molecule has 1 unspecified atom stereocenters. The molecule has 2 rings (SSSR count). The Hall–Kier alpha value is -2.64. The van der Waals surface area contributed by atoms with Crippen LogP contribution in [-0.4, -0.2) is 30.7 Å². The summed E-state index contributed by atoms with van der Waals surface area (Å²) in [6, 6.07) is 8.38. The minimum absolute atomic E-state index is 0.0162. The molecule has 1 aliphatic heterocycles. The summed E-state index contributed by atoms with van der Waals surface area (Å²) in [5, 5.41) is 28.9. The second-order valence-corrected chi connectivity index (χ2v) is 3.98. The van der Waals surface area contributed by atoms with Crippen LogP contribution in [-0.2, 0) is 4.74 Å². The Morgan fingerprint density at radius 2 is 2.26 bits per heavy atom. The van der Waals surface area contributed by atoms with Crippen molar-refractivity contribution in [1.29, 1.82) is 10.5 Å². The average molecular weight is 258 g/mol. The molecule has 0 spiro atoms. The molecule has 0 bridgehead atoms. The Labute approximate surface area is 109 Å². The van der Waals surface area contributed by atoms with Gasteiger partial charge in [-0.15, -0.1) is 0 Å². The minimum Gasteiger partial charge on any atom is -0.360 e. The second-order valence-electron chi connectivity index (χ2n) is 3.98. The number of anilines is 1. The molecule has 1 aromatic carbocycles. The monoisotopic (exact) mass is 258 g/mol. The van der Waals surface area contributed by atoms with E-state index < -0.39 is 11.0 Å². The van der Waals surface area contributed by atoms with Gasteiger partial charge in [0.25, 0.3) is 0 Å². The molecule has 0 N–H and O–H groups in total. The van der Waals surface area contributed by atoms with Crippen molar-refractivity contribution in [2.24, 2.45) is 0 Å². The normalized spacial score (nSPS) is 18.4. The maximum atomic E-state index is 11.1. The number of ether oxygens (including phenoxy) is 1. The lowest BCUT2D eigenvalue weighted by molar-refractivity contribution is -0.384. The van der Waals surface area contributed by atoms with Crippen LogP contribution in [0.15, 0.2) is 18.2 Å². The third kappa shape index (κ3) is 2.46. The third-order valence-electron chi connectivity index (χ3n) is 2.87. The van der Waals surface area contributed by atoms with Gasteiger partial charge >= 0.3 is 5.69 Å². The number of hydrogen-bond donors (Lipinski definition) is 0. The topological polar surface area (TPSA) is 103 Å². The fourth-order valence-corrected chi connectivity index (χ4v) is 2.01. The Morgan fingerprint density at radius 1 is 1.47 bits per heavy atom. The van der Waals surface area contributed by atoms with E-state index in [1.54, 1.807) is 17.0 Å². The first-order chi connectivity index (χ1) is 9.17. The zero-order valence-corrected chi connectivity index (χ0v) is 9.94. The van der Waals surface area contributed by atoms with E-state index in [0.29, 0.717) is 18.8 Å². The molecule has 0 saturated carbocycles. The van der Waals surface area contributed by atoms with Gasteiger partial charge in [-0.2, -0.15) is 10.5 Å². The van der Waals surface area contributed by atoms with Crippen LogP contribution in [0.1, 0.15) is 5.56 Å². The third-order valence-corrected chi connectivity index (χ3v) is 2.87. The quantitative estimate of drug-likeness (QED) is 0.583. The van der Waals surface area contributed by atoms with Gasteiger partial charge in [0.2, 0.25) is 0 Å². The summed E-state index contributed by atoms with van der Waals surface area (Å²) in [5.74, 6) is 0. The summed E-state index contributed by atoms with van der Waals surface area (Å²) in [4.78, 5) is 12.3. The van der Waals surface area contributed by atoms with Crippen LogP contribution < -0.4 is 4.90 Å². The molecule has 1 fully saturated rings. The number of morpholine rings is 1. The molecule has 1 atom stereocenters. The van der Waals surface area contributed by atoms with Gasteiger partial charge in [-0.05, 0) is 12.1 Å². The van der Waals surface area contributed by atoms with Gasteiger partial charge in [-0.1, -0.05) is 6.07 Å². The molecule has 96 valence electrons. The minimum atomic E-state index is -0.612. The number of nitro benzene ring substituents is 1. The summed E-state index contributed by atoms with van der Waals surface area (Å²) < 4.78 is 5.20. The highest BCUT2D eigenvalue weighted by molar-refractivity contribution is 5.70. The van der Waals surface area contributed by atoms with Crippen LogP contribution in [0.3, 0.4) is 0 Å². The maximum absolute atomic E-state index is 11.1. The van der Waals surface area contributed by atoms with Gasteiger partial charge in [0.05, 0.1) is 24.1 Å². The van der Waals surface area contributed by atoms with Crippen molar-refractivity contribution in [2.75, 3.05) is 24.6 Å². The van der Waals surface area contributed by atoms with Crippen molar-refractivity contribution in [2.45, 2.75) is 6.10 Å². The summed E-state index contributed by atoms with van der Waals surface area (Å²) in [7, 11) is 0. The number of hydrogen-bond acceptors (Lipinski definition) is 6. The zero-order chi connectivity index (χ0) is 13.8. The van der Waals surface area contributed by atoms with Gasteiger partial charge in [-0.25, -0.2) is 0 Å². The van der Waals surface area contributed by atoms with Gasteiger partial charge in [0, 0.05) is 6.54 Å². The second kappa shape index (κ2) is 5.34. The van der Waals surface area contributed by atoms with Gasteiger partial charge < -0.3 is 9.64 Å². The standard InChI is InChI=1S/C12H10N4O3/c13-6-9-2-1-3-11(12(9)16(17)18)15-4-5-19-10(7-14)8-15/h1-3,10H,4-5,8H2. The van der Waals surface area contributed by atoms with E-state index in [2.05, 4.69) is 0 Å². The van der Waals surface area contributed by atoms with Crippen LogP contribution in [0.2, 0.25) is 0 Å².